The van der Waals surface area contributed by atoms with E-state index >= 15 is 0 Å². The zero-order valence-electron chi connectivity index (χ0n) is 12.1. The number of rotatable bonds is 5. The second-order valence-corrected chi connectivity index (χ2v) is 5.98. The third-order valence-corrected chi connectivity index (χ3v) is 4.57. The molecule has 2 rings (SSSR count). The maximum atomic E-state index is 13.8. The highest BCUT2D eigenvalue weighted by Gasteiger charge is 2.26. The largest absolute Gasteiger partial charge is 0.204 e. The zero-order chi connectivity index (χ0) is 14.5. The van der Waals surface area contributed by atoms with Gasteiger partial charge in [-0.15, -0.1) is 0 Å². The van der Waals surface area contributed by atoms with Gasteiger partial charge in [-0.2, -0.15) is 0 Å². The van der Waals surface area contributed by atoms with Crippen molar-refractivity contribution in [2.45, 2.75) is 64.2 Å². The molecule has 0 unspecified atom stereocenters. The molecule has 1 aliphatic carbocycles. The number of benzene rings is 1. The first-order chi connectivity index (χ1) is 9.63. The molecule has 0 atom stereocenters. The van der Waals surface area contributed by atoms with Crippen molar-refractivity contribution in [3.05, 3.63) is 35.1 Å². The summed E-state index contributed by atoms with van der Waals surface area (Å²) in [4.78, 5) is 0. The Morgan fingerprint density at radius 1 is 0.950 bits per heavy atom. The fraction of sp³-hybridized carbons (Fsp3) is 0.647. The molecular formula is C17H23F3. The van der Waals surface area contributed by atoms with E-state index in [-0.39, 0.29) is 5.92 Å². The monoisotopic (exact) mass is 284 g/mol. The highest BCUT2D eigenvalue weighted by atomic mass is 19.2. The topological polar surface area (TPSA) is 0 Å². The van der Waals surface area contributed by atoms with Crippen molar-refractivity contribution in [2.75, 3.05) is 0 Å². The van der Waals surface area contributed by atoms with Crippen LogP contribution in [0.3, 0.4) is 0 Å². The van der Waals surface area contributed by atoms with Gasteiger partial charge >= 0.3 is 0 Å². The molecule has 112 valence electrons. The van der Waals surface area contributed by atoms with Gasteiger partial charge in [-0.1, -0.05) is 38.7 Å². The van der Waals surface area contributed by atoms with Crippen LogP contribution in [-0.4, -0.2) is 0 Å². The minimum atomic E-state index is -1.33. The van der Waals surface area contributed by atoms with Crippen LogP contribution in [0.15, 0.2) is 12.1 Å². The van der Waals surface area contributed by atoms with E-state index in [1.54, 1.807) is 0 Å². The molecule has 1 saturated carbocycles. The summed E-state index contributed by atoms with van der Waals surface area (Å²) in [6.45, 7) is 2.20. The maximum Gasteiger partial charge on any atom is 0.194 e. The van der Waals surface area contributed by atoms with Crippen LogP contribution in [-0.2, 0) is 0 Å². The van der Waals surface area contributed by atoms with Crippen molar-refractivity contribution in [1.29, 1.82) is 0 Å². The van der Waals surface area contributed by atoms with Crippen LogP contribution >= 0.6 is 0 Å². The predicted molar refractivity (Wildman–Crippen MR) is 75.2 cm³/mol. The van der Waals surface area contributed by atoms with E-state index in [0.717, 1.165) is 37.7 Å². The summed E-state index contributed by atoms with van der Waals surface area (Å²) < 4.78 is 40.0. The van der Waals surface area contributed by atoms with Gasteiger partial charge in [0.1, 0.15) is 0 Å². The summed E-state index contributed by atoms with van der Waals surface area (Å²) in [7, 11) is 0. The van der Waals surface area contributed by atoms with Crippen LogP contribution in [0.5, 0.6) is 0 Å². The van der Waals surface area contributed by atoms with Gasteiger partial charge in [0, 0.05) is 0 Å². The molecule has 0 N–H and O–H groups in total. The Morgan fingerprint density at radius 2 is 1.65 bits per heavy atom. The molecule has 0 radical (unpaired) electrons. The molecule has 0 aromatic heterocycles. The van der Waals surface area contributed by atoms with Crippen LogP contribution in [0.4, 0.5) is 13.2 Å². The van der Waals surface area contributed by atoms with Crippen molar-refractivity contribution in [3.63, 3.8) is 0 Å². The van der Waals surface area contributed by atoms with Crippen molar-refractivity contribution in [1.82, 2.24) is 0 Å². The van der Waals surface area contributed by atoms with Crippen molar-refractivity contribution >= 4 is 0 Å². The molecule has 20 heavy (non-hydrogen) atoms. The molecule has 0 bridgehead atoms. The van der Waals surface area contributed by atoms with Gasteiger partial charge in [-0.3, -0.25) is 0 Å². The summed E-state index contributed by atoms with van der Waals surface area (Å²) in [5.74, 6) is -2.63. The summed E-state index contributed by atoms with van der Waals surface area (Å²) in [5.41, 5.74) is 0.357. The Morgan fingerprint density at radius 3 is 2.30 bits per heavy atom. The average molecular weight is 284 g/mol. The predicted octanol–water partition coefficient (Wildman–Crippen LogP) is 5.96. The van der Waals surface area contributed by atoms with Crippen LogP contribution < -0.4 is 0 Å². The van der Waals surface area contributed by atoms with E-state index in [0.29, 0.717) is 5.56 Å². The molecule has 1 aromatic rings. The van der Waals surface area contributed by atoms with Gasteiger partial charge in [0.2, 0.25) is 0 Å². The molecule has 0 amide bonds. The Balaban J connectivity index is 1.92. The normalized spacial score (nSPS) is 23.0. The zero-order valence-corrected chi connectivity index (χ0v) is 12.1. The van der Waals surface area contributed by atoms with Crippen molar-refractivity contribution in [2.24, 2.45) is 5.92 Å². The quantitative estimate of drug-likeness (QED) is 0.462. The minimum Gasteiger partial charge on any atom is -0.204 e. The molecule has 0 heterocycles. The van der Waals surface area contributed by atoms with Crippen molar-refractivity contribution < 1.29 is 13.2 Å². The number of halogens is 3. The van der Waals surface area contributed by atoms with Crippen LogP contribution in [0.25, 0.3) is 0 Å². The number of hydrogen-bond acceptors (Lipinski definition) is 0. The fourth-order valence-electron chi connectivity index (χ4n) is 3.30. The molecule has 1 aromatic carbocycles. The standard InChI is InChI=1S/C17H23F3/c1-2-3-4-5-12-6-8-13(9-7-12)14-10-11-15(18)17(20)16(14)19/h10-13H,2-9H2,1H3. The Labute approximate surface area is 119 Å². The third kappa shape index (κ3) is 3.56. The molecule has 0 aliphatic heterocycles. The highest BCUT2D eigenvalue weighted by Crippen LogP contribution is 2.39. The number of unbranched alkanes of at least 4 members (excludes halogenated alkanes) is 2. The van der Waals surface area contributed by atoms with E-state index in [4.69, 9.17) is 0 Å². The fourth-order valence-corrected chi connectivity index (χ4v) is 3.30. The van der Waals surface area contributed by atoms with Crippen LogP contribution in [0.2, 0.25) is 0 Å². The smallest absolute Gasteiger partial charge is 0.194 e. The first-order valence-electron chi connectivity index (χ1n) is 7.76. The average Bonchev–Trinajstić information content (AvgIpc) is 2.46. The van der Waals surface area contributed by atoms with Gasteiger partial charge < -0.3 is 0 Å². The van der Waals surface area contributed by atoms with Crippen LogP contribution in [0.1, 0.15) is 69.8 Å². The first kappa shape index (κ1) is 15.4. The second-order valence-electron chi connectivity index (χ2n) is 5.98. The molecular weight excluding hydrogens is 261 g/mol. The van der Waals surface area contributed by atoms with E-state index < -0.39 is 17.5 Å². The molecule has 0 saturated heterocycles. The van der Waals surface area contributed by atoms with Gasteiger partial charge in [-0.05, 0) is 49.1 Å². The first-order valence-corrected chi connectivity index (χ1v) is 7.76. The Kier molecular flexibility index (Phi) is 5.50. The van der Waals surface area contributed by atoms with E-state index in [9.17, 15) is 13.2 Å². The molecule has 3 heteroatoms. The third-order valence-electron chi connectivity index (χ3n) is 4.57. The summed E-state index contributed by atoms with van der Waals surface area (Å²) in [6.07, 6.45) is 8.95. The summed E-state index contributed by atoms with van der Waals surface area (Å²) >= 11 is 0. The second kappa shape index (κ2) is 7.14. The lowest BCUT2D eigenvalue weighted by Gasteiger charge is -2.29. The van der Waals surface area contributed by atoms with E-state index in [1.807, 2.05) is 0 Å². The summed E-state index contributed by atoms with van der Waals surface area (Å²) in [6, 6.07) is 2.46. The molecule has 1 fully saturated rings. The Bertz CT molecular complexity index is 434. The van der Waals surface area contributed by atoms with Gasteiger partial charge in [0.15, 0.2) is 17.5 Å². The SMILES string of the molecule is CCCCCC1CCC(c2ccc(F)c(F)c2F)CC1. The van der Waals surface area contributed by atoms with Crippen LogP contribution in [0, 0.1) is 23.4 Å². The lowest BCUT2D eigenvalue weighted by molar-refractivity contribution is 0.297. The van der Waals surface area contributed by atoms with Crippen molar-refractivity contribution in [3.8, 4) is 0 Å². The van der Waals surface area contributed by atoms with Gasteiger partial charge in [0.05, 0.1) is 0 Å². The van der Waals surface area contributed by atoms with E-state index in [1.165, 1.54) is 31.7 Å². The minimum absolute atomic E-state index is 0.0486. The molecule has 0 spiro atoms. The lowest BCUT2D eigenvalue weighted by atomic mass is 9.77. The van der Waals surface area contributed by atoms with E-state index in [2.05, 4.69) is 6.92 Å². The maximum absolute atomic E-state index is 13.8. The van der Waals surface area contributed by atoms with Gasteiger partial charge in [0.25, 0.3) is 0 Å². The highest BCUT2D eigenvalue weighted by molar-refractivity contribution is 5.24. The van der Waals surface area contributed by atoms with Gasteiger partial charge in [-0.25, -0.2) is 13.2 Å². The summed E-state index contributed by atoms with van der Waals surface area (Å²) in [5, 5.41) is 0. The lowest BCUT2D eigenvalue weighted by Crippen LogP contribution is -2.15. The molecule has 1 aliphatic rings. The number of hydrogen-bond donors (Lipinski definition) is 0. The Hall–Kier alpha value is -0.990. The molecule has 0 nitrogen and oxygen atoms in total.